The van der Waals surface area contributed by atoms with E-state index >= 15 is 0 Å². The maximum absolute atomic E-state index is 9.81. The molecule has 110 valence electrons. The molecule has 1 heteroatoms. The normalized spacial score (nSPS) is 8.79. The molecule has 0 aliphatic heterocycles. The molecule has 0 aliphatic carbocycles. The van der Waals surface area contributed by atoms with Gasteiger partial charge < -0.3 is 4.79 Å². The molecule has 0 saturated carbocycles. The van der Waals surface area contributed by atoms with E-state index in [1.807, 2.05) is 20.8 Å². The summed E-state index contributed by atoms with van der Waals surface area (Å²) < 4.78 is 0. The Labute approximate surface area is 120 Å². The zero-order valence-corrected chi connectivity index (χ0v) is 14.0. The average Bonchev–Trinajstić information content (AvgIpc) is 2.41. The average molecular weight is 264 g/mol. The van der Waals surface area contributed by atoms with Crippen molar-refractivity contribution in [2.24, 2.45) is 0 Å². The minimum atomic E-state index is 0.255. The molecule has 1 aromatic carbocycles. The minimum absolute atomic E-state index is 0.255. The number of benzene rings is 1. The summed E-state index contributed by atoms with van der Waals surface area (Å²) in [6.07, 6.45) is 4.50. The van der Waals surface area contributed by atoms with Crippen molar-refractivity contribution in [3.8, 4) is 0 Å². The second kappa shape index (κ2) is 13.3. The van der Waals surface area contributed by atoms with E-state index in [-0.39, 0.29) is 5.78 Å². The van der Waals surface area contributed by atoms with Gasteiger partial charge in [0.2, 0.25) is 0 Å². The maximum Gasteiger partial charge on any atom is 0.129 e. The van der Waals surface area contributed by atoms with Crippen LogP contribution in [0.2, 0.25) is 0 Å². The predicted molar refractivity (Wildman–Crippen MR) is 86.8 cm³/mol. The lowest BCUT2D eigenvalue weighted by Crippen LogP contribution is -1.89. The lowest BCUT2D eigenvalue weighted by Gasteiger charge is -2.05. The summed E-state index contributed by atoms with van der Waals surface area (Å²) in [5.41, 5.74) is 4.33. The van der Waals surface area contributed by atoms with Crippen LogP contribution in [0.1, 0.15) is 70.6 Å². The highest BCUT2D eigenvalue weighted by molar-refractivity contribution is 5.74. The fourth-order valence-electron chi connectivity index (χ4n) is 1.49. The second-order valence-corrected chi connectivity index (χ2v) is 4.59. The van der Waals surface area contributed by atoms with Crippen molar-refractivity contribution < 1.29 is 4.79 Å². The molecule has 0 aliphatic rings. The smallest absolute Gasteiger partial charge is 0.129 e. The van der Waals surface area contributed by atoms with E-state index in [0.717, 1.165) is 0 Å². The van der Waals surface area contributed by atoms with E-state index in [0.29, 0.717) is 6.42 Å². The van der Waals surface area contributed by atoms with Crippen LogP contribution >= 0.6 is 0 Å². The second-order valence-electron chi connectivity index (χ2n) is 4.59. The van der Waals surface area contributed by atoms with Crippen LogP contribution < -0.4 is 0 Å². The molecule has 0 amide bonds. The van der Waals surface area contributed by atoms with Crippen LogP contribution in [0.4, 0.5) is 0 Å². The van der Waals surface area contributed by atoms with Crippen molar-refractivity contribution in [2.75, 3.05) is 0 Å². The first kappa shape index (κ1) is 20.2. The van der Waals surface area contributed by atoms with Crippen LogP contribution in [0.3, 0.4) is 0 Å². The van der Waals surface area contributed by atoms with Gasteiger partial charge in [0.1, 0.15) is 5.78 Å². The summed E-state index contributed by atoms with van der Waals surface area (Å²) in [5.74, 6) is 0.255. The summed E-state index contributed by atoms with van der Waals surface area (Å²) in [6, 6.07) is 6.74. The van der Waals surface area contributed by atoms with Gasteiger partial charge in [0.15, 0.2) is 0 Å². The van der Waals surface area contributed by atoms with E-state index in [9.17, 15) is 4.79 Å². The molecule has 0 atom stereocenters. The van der Waals surface area contributed by atoms with E-state index < -0.39 is 0 Å². The topological polar surface area (TPSA) is 17.1 Å². The lowest BCUT2D eigenvalue weighted by atomic mass is 10.0. The first-order valence-corrected chi connectivity index (χ1v) is 7.56. The number of carbonyl (C=O) groups excluding carboxylic acids is 1. The summed E-state index contributed by atoms with van der Waals surface area (Å²) in [6.45, 7) is 14.0. The van der Waals surface area contributed by atoms with Gasteiger partial charge in [0.05, 0.1) is 0 Å². The lowest BCUT2D eigenvalue weighted by molar-refractivity contribution is -0.116. The molecule has 19 heavy (non-hydrogen) atoms. The highest BCUT2D eigenvalue weighted by Crippen LogP contribution is 2.12. The number of rotatable bonds is 4. The SMILES string of the molecule is CC.CCC(C)=O.CCCCc1ccc(C)cc1C. The summed E-state index contributed by atoms with van der Waals surface area (Å²) in [7, 11) is 0. The van der Waals surface area contributed by atoms with Gasteiger partial charge in [0.25, 0.3) is 0 Å². The maximum atomic E-state index is 9.81. The Balaban J connectivity index is 0. The molecule has 0 unspecified atom stereocenters. The summed E-state index contributed by atoms with van der Waals surface area (Å²) in [5, 5.41) is 0. The number of ketones is 1. The van der Waals surface area contributed by atoms with Crippen LogP contribution in [0, 0.1) is 13.8 Å². The van der Waals surface area contributed by atoms with Crippen molar-refractivity contribution in [3.05, 3.63) is 34.9 Å². The monoisotopic (exact) mass is 264 g/mol. The first-order chi connectivity index (χ1) is 9.01. The third-order valence-electron chi connectivity index (χ3n) is 2.80. The number of hydrogen-bond donors (Lipinski definition) is 0. The molecule has 1 rings (SSSR count). The number of aryl methyl sites for hydroxylation is 3. The molecular formula is C18H32O. The van der Waals surface area contributed by atoms with Gasteiger partial charge in [-0.3, -0.25) is 0 Å². The number of unbranched alkanes of at least 4 members (excludes halogenated alkanes) is 1. The number of carbonyl (C=O) groups is 1. The van der Waals surface area contributed by atoms with Gasteiger partial charge in [0, 0.05) is 6.42 Å². The summed E-state index contributed by atoms with van der Waals surface area (Å²) >= 11 is 0. The van der Waals surface area contributed by atoms with Crippen LogP contribution in [0.25, 0.3) is 0 Å². The Morgan fingerprint density at radius 1 is 1.11 bits per heavy atom. The fourth-order valence-corrected chi connectivity index (χ4v) is 1.49. The molecule has 0 radical (unpaired) electrons. The molecule has 0 fully saturated rings. The molecule has 0 saturated heterocycles. The van der Waals surface area contributed by atoms with Gasteiger partial charge in [-0.1, -0.05) is 57.9 Å². The van der Waals surface area contributed by atoms with Gasteiger partial charge in [-0.2, -0.15) is 0 Å². The number of hydrogen-bond acceptors (Lipinski definition) is 1. The van der Waals surface area contributed by atoms with Crippen LogP contribution in [-0.4, -0.2) is 5.78 Å². The van der Waals surface area contributed by atoms with E-state index in [4.69, 9.17) is 0 Å². The highest BCUT2D eigenvalue weighted by atomic mass is 16.1. The Morgan fingerprint density at radius 2 is 1.63 bits per heavy atom. The minimum Gasteiger partial charge on any atom is -0.300 e. The summed E-state index contributed by atoms with van der Waals surface area (Å²) in [4.78, 5) is 9.81. The first-order valence-electron chi connectivity index (χ1n) is 7.56. The van der Waals surface area contributed by atoms with Crippen LogP contribution in [0.15, 0.2) is 18.2 Å². The van der Waals surface area contributed by atoms with Crippen LogP contribution in [0.5, 0.6) is 0 Å². The van der Waals surface area contributed by atoms with Gasteiger partial charge >= 0.3 is 0 Å². The molecule has 0 bridgehead atoms. The van der Waals surface area contributed by atoms with Crippen molar-refractivity contribution in [2.45, 2.75) is 74.1 Å². The molecule has 1 nitrogen and oxygen atoms in total. The quantitative estimate of drug-likeness (QED) is 0.686. The van der Waals surface area contributed by atoms with Crippen molar-refractivity contribution in [3.63, 3.8) is 0 Å². The Kier molecular flexibility index (Phi) is 14.2. The third kappa shape index (κ3) is 11.7. The van der Waals surface area contributed by atoms with Crippen molar-refractivity contribution in [1.29, 1.82) is 0 Å². The third-order valence-corrected chi connectivity index (χ3v) is 2.80. The zero-order chi connectivity index (χ0) is 15.3. The van der Waals surface area contributed by atoms with Crippen molar-refractivity contribution in [1.82, 2.24) is 0 Å². The van der Waals surface area contributed by atoms with Crippen molar-refractivity contribution >= 4 is 5.78 Å². The number of Topliss-reactive ketones (excluding diaryl/α,β-unsaturated/α-hetero) is 1. The molecule has 0 heterocycles. The van der Waals surface area contributed by atoms with Gasteiger partial charge in [-0.05, 0) is 44.7 Å². The highest BCUT2D eigenvalue weighted by Gasteiger charge is 1.96. The molecule has 1 aromatic rings. The standard InChI is InChI=1S/C12H18.C4H8O.C2H6/c1-4-5-6-12-8-7-10(2)9-11(12)3;1-3-4(2)5;1-2/h7-9H,4-6H2,1-3H3;3H2,1-2H3;1-2H3. The van der Waals surface area contributed by atoms with Gasteiger partial charge in [-0.25, -0.2) is 0 Å². The van der Waals surface area contributed by atoms with Gasteiger partial charge in [-0.15, -0.1) is 0 Å². The molecule has 0 spiro atoms. The Hall–Kier alpha value is -1.11. The van der Waals surface area contributed by atoms with E-state index in [1.165, 1.54) is 36.0 Å². The zero-order valence-electron chi connectivity index (χ0n) is 14.0. The van der Waals surface area contributed by atoms with Crippen LogP contribution in [-0.2, 0) is 11.2 Å². The Morgan fingerprint density at radius 3 is 2.00 bits per heavy atom. The fraction of sp³-hybridized carbons (Fsp3) is 0.611. The molecule has 0 aromatic heterocycles. The molecular weight excluding hydrogens is 232 g/mol. The predicted octanol–water partition coefficient (Wildman–Crippen LogP) is 5.66. The largest absolute Gasteiger partial charge is 0.300 e. The van der Waals surface area contributed by atoms with E-state index in [1.54, 1.807) is 6.92 Å². The Bertz CT molecular complexity index is 340. The van der Waals surface area contributed by atoms with E-state index in [2.05, 4.69) is 39.0 Å². The molecule has 0 N–H and O–H groups in total.